The predicted octanol–water partition coefficient (Wildman–Crippen LogP) is 1.76. The van der Waals surface area contributed by atoms with Crippen LogP contribution in [0.25, 0.3) is 0 Å². The molecule has 0 radical (unpaired) electrons. The number of aromatic nitrogens is 1. The van der Waals surface area contributed by atoms with Gasteiger partial charge in [-0.25, -0.2) is 14.2 Å². The zero-order chi connectivity index (χ0) is 14.0. The fraction of sp³-hybridized carbons (Fsp3) is 0.364. The number of hydrogen-bond acceptors (Lipinski definition) is 3. The summed E-state index contributed by atoms with van der Waals surface area (Å²) < 4.78 is 13.2. The van der Waals surface area contributed by atoms with Gasteiger partial charge in [-0.05, 0) is 12.1 Å². The lowest BCUT2D eigenvalue weighted by Crippen LogP contribution is -2.42. The van der Waals surface area contributed by atoms with Crippen molar-refractivity contribution in [2.45, 2.75) is 18.6 Å². The highest BCUT2D eigenvalue weighted by atomic mass is 35.5. The molecule has 0 spiro atoms. The Kier molecular flexibility index (Phi) is 3.84. The number of rotatable bonds is 2. The number of carbonyl (C=O) groups excluding carboxylic acids is 1. The predicted molar refractivity (Wildman–Crippen MR) is 65.9 cm³/mol. The highest BCUT2D eigenvalue weighted by Gasteiger charge is 2.40. The molecule has 1 saturated heterocycles. The summed E-state index contributed by atoms with van der Waals surface area (Å²) in [5.41, 5.74) is 0. The van der Waals surface area contributed by atoms with Crippen LogP contribution in [0.4, 0.5) is 15.0 Å². The second-order valence-electron chi connectivity index (χ2n) is 4.12. The number of carboxylic acid groups (broad SMARTS) is 1. The first kappa shape index (κ1) is 13.5. The van der Waals surface area contributed by atoms with Crippen molar-refractivity contribution in [3.8, 4) is 0 Å². The number of nitrogens with zero attached hydrogens (tertiary/aromatic N) is 2. The van der Waals surface area contributed by atoms with E-state index in [-0.39, 0.29) is 23.9 Å². The number of likely N-dealkylation sites (tertiary alicyclic amines) is 1. The van der Waals surface area contributed by atoms with E-state index in [1.165, 1.54) is 12.1 Å². The molecule has 8 heteroatoms. The van der Waals surface area contributed by atoms with E-state index in [1.807, 2.05) is 0 Å². The minimum Gasteiger partial charge on any atom is -0.465 e. The molecule has 1 aliphatic heterocycles. The largest absolute Gasteiger partial charge is 0.465 e. The molecule has 2 N–H and O–H groups in total. The molecule has 1 fully saturated rings. The SMILES string of the molecule is O=C(Nc1cccc(Cl)n1)C1CC(F)CN1C(=O)O. The van der Waals surface area contributed by atoms with Crippen molar-refractivity contribution in [1.82, 2.24) is 9.88 Å². The van der Waals surface area contributed by atoms with Gasteiger partial charge in [-0.15, -0.1) is 0 Å². The monoisotopic (exact) mass is 287 g/mol. The highest BCUT2D eigenvalue weighted by molar-refractivity contribution is 6.29. The van der Waals surface area contributed by atoms with Crippen molar-refractivity contribution in [1.29, 1.82) is 0 Å². The molecule has 1 aromatic rings. The van der Waals surface area contributed by atoms with E-state index in [4.69, 9.17) is 16.7 Å². The smallest absolute Gasteiger partial charge is 0.408 e. The van der Waals surface area contributed by atoms with Gasteiger partial charge in [-0.1, -0.05) is 17.7 Å². The molecule has 2 atom stereocenters. The van der Waals surface area contributed by atoms with Crippen LogP contribution >= 0.6 is 11.6 Å². The molecule has 0 aromatic carbocycles. The van der Waals surface area contributed by atoms with Gasteiger partial charge in [0.1, 0.15) is 23.2 Å². The van der Waals surface area contributed by atoms with Crippen molar-refractivity contribution in [2.24, 2.45) is 0 Å². The standard InChI is InChI=1S/C11H11ClFN3O3/c12-8-2-1-3-9(14-8)15-10(17)7-4-6(13)5-16(7)11(18)19/h1-3,6-7H,4-5H2,(H,18,19)(H,14,15,17). The molecular weight excluding hydrogens is 277 g/mol. The van der Waals surface area contributed by atoms with Gasteiger partial charge in [0, 0.05) is 6.42 Å². The van der Waals surface area contributed by atoms with Crippen LogP contribution in [0, 0.1) is 0 Å². The average molecular weight is 288 g/mol. The second kappa shape index (κ2) is 5.40. The number of amides is 2. The Morgan fingerprint density at radius 2 is 2.26 bits per heavy atom. The molecule has 102 valence electrons. The number of anilines is 1. The van der Waals surface area contributed by atoms with E-state index >= 15 is 0 Å². The number of carbonyl (C=O) groups is 2. The van der Waals surface area contributed by atoms with Gasteiger partial charge >= 0.3 is 6.09 Å². The van der Waals surface area contributed by atoms with Crippen LogP contribution in [-0.2, 0) is 4.79 Å². The van der Waals surface area contributed by atoms with Crippen molar-refractivity contribution in [3.05, 3.63) is 23.4 Å². The summed E-state index contributed by atoms with van der Waals surface area (Å²) in [5.74, 6) is -0.414. The lowest BCUT2D eigenvalue weighted by Gasteiger charge is -2.19. The highest BCUT2D eigenvalue weighted by Crippen LogP contribution is 2.22. The van der Waals surface area contributed by atoms with E-state index < -0.39 is 24.2 Å². The summed E-state index contributed by atoms with van der Waals surface area (Å²) in [6.07, 6.45) is -2.81. The molecule has 0 aliphatic carbocycles. The van der Waals surface area contributed by atoms with E-state index in [1.54, 1.807) is 6.07 Å². The molecule has 2 rings (SSSR count). The van der Waals surface area contributed by atoms with Crippen molar-refractivity contribution in [3.63, 3.8) is 0 Å². The summed E-state index contributed by atoms with van der Waals surface area (Å²) in [7, 11) is 0. The maximum Gasteiger partial charge on any atom is 0.408 e. The van der Waals surface area contributed by atoms with Crippen molar-refractivity contribution >= 4 is 29.4 Å². The van der Waals surface area contributed by atoms with Gasteiger partial charge in [0.2, 0.25) is 5.91 Å². The van der Waals surface area contributed by atoms with Gasteiger partial charge in [-0.3, -0.25) is 9.69 Å². The Morgan fingerprint density at radius 3 is 2.89 bits per heavy atom. The summed E-state index contributed by atoms with van der Waals surface area (Å²) in [6, 6.07) is 3.59. The average Bonchev–Trinajstić information content (AvgIpc) is 2.71. The lowest BCUT2D eigenvalue weighted by molar-refractivity contribution is -0.120. The number of nitrogens with one attached hydrogen (secondary N) is 1. The summed E-state index contributed by atoms with van der Waals surface area (Å²) in [6.45, 7) is -0.295. The van der Waals surface area contributed by atoms with Gasteiger partial charge in [-0.2, -0.15) is 0 Å². The third kappa shape index (κ3) is 3.11. The van der Waals surface area contributed by atoms with E-state index in [0.717, 1.165) is 4.90 Å². The van der Waals surface area contributed by atoms with Gasteiger partial charge < -0.3 is 10.4 Å². The quantitative estimate of drug-likeness (QED) is 0.812. The van der Waals surface area contributed by atoms with Crippen LogP contribution in [0.3, 0.4) is 0 Å². The molecule has 0 saturated carbocycles. The number of hydrogen-bond donors (Lipinski definition) is 2. The zero-order valence-corrected chi connectivity index (χ0v) is 10.5. The lowest BCUT2D eigenvalue weighted by atomic mass is 10.2. The minimum atomic E-state index is -1.33. The Balaban J connectivity index is 2.09. The normalized spacial score (nSPS) is 22.3. The van der Waals surface area contributed by atoms with Crippen LogP contribution in [0.1, 0.15) is 6.42 Å². The zero-order valence-electron chi connectivity index (χ0n) is 9.72. The minimum absolute atomic E-state index is 0.154. The molecular formula is C11H11ClFN3O3. The molecule has 6 nitrogen and oxygen atoms in total. The first-order valence-electron chi connectivity index (χ1n) is 5.54. The third-order valence-electron chi connectivity index (χ3n) is 2.76. The maximum absolute atomic E-state index is 13.2. The van der Waals surface area contributed by atoms with Crippen LogP contribution in [0.2, 0.25) is 5.15 Å². The summed E-state index contributed by atoms with van der Waals surface area (Å²) >= 11 is 5.66. The number of alkyl halides is 1. The van der Waals surface area contributed by atoms with E-state index in [2.05, 4.69) is 10.3 Å². The molecule has 2 unspecified atom stereocenters. The maximum atomic E-state index is 13.2. The van der Waals surface area contributed by atoms with Crippen LogP contribution in [0.5, 0.6) is 0 Å². The first-order chi connectivity index (χ1) is 8.97. The Labute approximate surface area is 113 Å². The fourth-order valence-electron chi connectivity index (χ4n) is 1.93. The Bertz CT molecular complexity index is 514. The van der Waals surface area contributed by atoms with Gasteiger partial charge in [0.15, 0.2) is 0 Å². The van der Waals surface area contributed by atoms with E-state index in [9.17, 15) is 14.0 Å². The van der Waals surface area contributed by atoms with Crippen molar-refractivity contribution in [2.75, 3.05) is 11.9 Å². The van der Waals surface area contributed by atoms with Gasteiger partial charge in [0.05, 0.1) is 6.54 Å². The van der Waals surface area contributed by atoms with Gasteiger partial charge in [0.25, 0.3) is 0 Å². The first-order valence-corrected chi connectivity index (χ1v) is 5.92. The molecule has 2 heterocycles. The van der Waals surface area contributed by atoms with Crippen LogP contribution in [0.15, 0.2) is 18.2 Å². The number of pyridine rings is 1. The Morgan fingerprint density at radius 1 is 1.53 bits per heavy atom. The molecule has 1 aliphatic rings. The summed E-state index contributed by atoms with van der Waals surface area (Å²) in [5, 5.41) is 11.5. The molecule has 1 aromatic heterocycles. The molecule has 19 heavy (non-hydrogen) atoms. The van der Waals surface area contributed by atoms with Crippen LogP contribution in [-0.4, -0.2) is 45.7 Å². The topological polar surface area (TPSA) is 82.5 Å². The Hall–Kier alpha value is -1.89. The fourth-order valence-corrected chi connectivity index (χ4v) is 2.10. The van der Waals surface area contributed by atoms with E-state index in [0.29, 0.717) is 0 Å². The third-order valence-corrected chi connectivity index (χ3v) is 2.98. The summed E-state index contributed by atoms with van der Waals surface area (Å²) in [4.78, 5) is 27.5. The second-order valence-corrected chi connectivity index (χ2v) is 4.51. The van der Waals surface area contributed by atoms with Crippen LogP contribution < -0.4 is 5.32 Å². The molecule has 0 bridgehead atoms. The number of halogens is 2. The van der Waals surface area contributed by atoms with Crippen molar-refractivity contribution < 1.29 is 19.1 Å². The molecule has 2 amide bonds.